The number of hydrogen-bond acceptors (Lipinski definition) is 4. The maximum absolute atomic E-state index is 11.6. The summed E-state index contributed by atoms with van der Waals surface area (Å²) < 4.78 is 22.4. The van der Waals surface area contributed by atoms with Gasteiger partial charge in [0.1, 0.15) is 0 Å². The number of benzene rings is 1. The Morgan fingerprint density at radius 3 is 2.74 bits per heavy atom. The molecule has 0 radical (unpaired) electrons. The summed E-state index contributed by atoms with van der Waals surface area (Å²) in [4.78, 5) is 11.5. The Morgan fingerprint density at radius 1 is 1.47 bits per heavy atom. The lowest BCUT2D eigenvalue weighted by Gasteiger charge is -2.10. The Balaban J connectivity index is 2.84. The van der Waals surface area contributed by atoms with Crippen LogP contribution in [0.4, 0.5) is 5.69 Å². The minimum Gasteiger partial charge on any atom is -0.325 e. The Labute approximate surface area is 112 Å². The first-order valence-corrected chi connectivity index (χ1v) is 6.96. The van der Waals surface area contributed by atoms with Gasteiger partial charge in [0.05, 0.1) is 18.0 Å². The fraction of sp³-hybridized carbons (Fsp3) is 0.250. The van der Waals surface area contributed by atoms with E-state index < -0.39 is 10.0 Å². The third-order valence-corrected chi connectivity index (χ3v) is 3.24. The first-order chi connectivity index (χ1) is 8.84. The van der Waals surface area contributed by atoms with Crippen LogP contribution in [0.25, 0.3) is 0 Å². The van der Waals surface area contributed by atoms with E-state index in [4.69, 9.17) is 11.6 Å². The summed E-state index contributed by atoms with van der Waals surface area (Å²) >= 11 is 0. The third-order valence-electron chi connectivity index (χ3n) is 2.32. The van der Waals surface area contributed by atoms with E-state index >= 15 is 0 Å². The number of aryl methyl sites for hydroxylation is 1. The van der Waals surface area contributed by atoms with E-state index in [2.05, 4.69) is 16.6 Å². The molecule has 0 aliphatic heterocycles. The van der Waals surface area contributed by atoms with Crippen molar-refractivity contribution in [3.63, 3.8) is 0 Å². The fourth-order valence-corrected chi connectivity index (χ4v) is 1.90. The summed E-state index contributed by atoms with van der Waals surface area (Å²) in [5.74, 6) is 2.03. The molecule has 7 heteroatoms. The Bertz CT molecular complexity index is 618. The van der Waals surface area contributed by atoms with Gasteiger partial charge in [0.2, 0.25) is 15.9 Å². The zero-order chi connectivity index (χ0) is 14.5. The quantitative estimate of drug-likeness (QED) is 0.514. The second kappa shape index (κ2) is 6.33. The van der Waals surface area contributed by atoms with Crippen LogP contribution in [0.15, 0.2) is 23.1 Å². The number of rotatable bonds is 5. The summed E-state index contributed by atoms with van der Waals surface area (Å²) in [7, 11) is -3.79. The average Bonchev–Trinajstić information content (AvgIpc) is 2.31. The van der Waals surface area contributed by atoms with Crippen LogP contribution >= 0.6 is 0 Å². The van der Waals surface area contributed by atoms with E-state index in [9.17, 15) is 13.2 Å². The first-order valence-electron chi connectivity index (χ1n) is 5.42. The lowest BCUT2D eigenvalue weighted by Crippen LogP contribution is -2.28. The van der Waals surface area contributed by atoms with Crippen molar-refractivity contribution < 1.29 is 13.2 Å². The highest BCUT2D eigenvalue weighted by Crippen LogP contribution is 2.19. The predicted molar refractivity (Wildman–Crippen MR) is 72.9 cm³/mol. The number of hydrogen-bond donors (Lipinski definition) is 3. The molecule has 0 saturated heterocycles. The Hall–Kier alpha value is -1.88. The van der Waals surface area contributed by atoms with Crippen LogP contribution in [0.3, 0.4) is 0 Å². The minimum absolute atomic E-state index is 0.0449. The number of primary sulfonamides is 1. The lowest BCUT2D eigenvalue weighted by molar-refractivity contribution is -0.115. The summed E-state index contributed by atoms with van der Waals surface area (Å²) in [5.41, 5.74) is 1.14. The normalized spacial score (nSPS) is 10.8. The Kier molecular flexibility index (Phi) is 5.06. The van der Waals surface area contributed by atoms with Crippen molar-refractivity contribution in [1.29, 1.82) is 0 Å². The van der Waals surface area contributed by atoms with E-state index in [0.29, 0.717) is 5.69 Å². The summed E-state index contributed by atoms with van der Waals surface area (Å²) in [6, 6.07) is 4.28. The summed E-state index contributed by atoms with van der Waals surface area (Å²) in [5, 5.41) is 10.3. The zero-order valence-corrected chi connectivity index (χ0v) is 11.3. The monoisotopic (exact) mass is 281 g/mol. The van der Waals surface area contributed by atoms with Crippen LogP contribution < -0.4 is 15.8 Å². The van der Waals surface area contributed by atoms with Gasteiger partial charge in [0.25, 0.3) is 0 Å². The number of carbonyl (C=O) groups excluding carboxylic acids is 1. The number of anilines is 1. The third kappa shape index (κ3) is 4.71. The molecule has 1 aromatic carbocycles. The van der Waals surface area contributed by atoms with Crippen molar-refractivity contribution in [2.75, 3.05) is 18.4 Å². The lowest BCUT2D eigenvalue weighted by atomic mass is 10.2. The van der Waals surface area contributed by atoms with Gasteiger partial charge in [-0.1, -0.05) is 12.0 Å². The summed E-state index contributed by atoms with van der Waals surface area (Å²) in [6.07, 6.45) is 5.03. The average molecular weight is 281 g/mol. The number of carbonyl (C=O) groups is 1. The smallest absolute Gasteiger partial charge is 0.238 e. The van der Waals surface area contributed by atoms with Crippen LogP contribution in [0, 0.1) is 19.3 Å². The van der Waals surface area contributed by atoms with Crippen molar-refractivity contribution in [1.82, 2.24) is 5.32 Å². The highest BCUT2D eigenvalue weighted by molar-refractivity contribution is 7.89. The molecule has 19 heavy (non-hydrogen) atoms. The van der Waals surface area contributed by atoms with Gasteiger partial charge in [-0.2, -0.15) is 0 Å². The zero-order valence-electron chi connectivity index (χ0n) is 10.4. The van der Waals surface area contributed by atoms with Crippen LogP contribution in [0.1, 0.15) is 5.56 Å². The van der Waals surface area contributed by atoms with Gasteiger partial charge in [-0.05, 0) is 24.6 Å². The molecule has 4 N–H and O–H groups in total. The molecule has 102 valence electrons. The van der Waals surface area contributed by atoms with Gasteiger partial charge in [0, 0.05) is 5.69 Å². The highest BCUT2D eigenvalue weighted by atomic mass is 32.2. The maximum atomic E-state index is 11.6. The molecule has 6 nitrogen and oxygen atoms in total. The molecule has 0 saturated carbocycles. The van der Waals surface area contributed by atoms with Gasteiger partial charge >= 0.3 is 0 Å². The van der Waals surface area contributed by atoms with Gasteiger partial charge in [0.15, 0.2) is 0 Å². The molecule has 0 aromatic heterocycles. The topological polar surface area (TPSA) is 101 Å². The number of amides is 1. The van der Waals surface area contributed by atoms with Crippen molar-refractivity contribution >= 4 is 21.6 Å². The second-order valence-electron chi connectivity index (χ2n) is 3.88. The van der Waals surface area contributed by atoms with Crippen molar-refractivity contribution in [3.05, 3.63) is 23.8 Å². The van der Waals surface area contributed by atoms with Gasteiger partial charge in [-0.3, -0.25) is 10.1 Å². The molecule has 0 unspecified atom stereocenters. The largest absolute Gasteiger partial charge is 0.325 e. The van der Waals surface area contributed by atoms with Gasteiger partial charge in [-0.15, -0.1) is 6.42 Å². The van der Waals surface area contributed by atoms with Crippen LogP contribution in [-0.4, -0.2) is 27.4 Å². The molecule has 1 rings (SSSR count). The van der Waals surface area contributed by atoms with E-state index in [1.165, 1.54) is 12.1 Å². The second-order valence-corrected chi connectivity index (χ2v) is 5.44. The van der Waals surface area contributed by atoms with Crippen molar-refractivity contribution in [2.24, 2.45) is 5.14 Å². The molecule has 0 aliphatic carbocycles. The van der Waals surface area contributed by atoms with Gasteiger partial charge < -0.3 is 5.32 Å². The molecular formula is C12H15N3O3S. The van der Waals surface area contributed by atoms with E-state index in [1.54, 1.807) is 13.0 Å². The Morgan fingerprint density at radius 2 is 2.16 bits per heavy atom. The highest BCUT2D eigenvalue weighted by Gasteiger charge is 2.11. The molecular weight excluding hydrogens is 266 g/mol. The molecule has 0 atom stereocenters. The first kappa shape index (κ1) is 15.2. The van der Waals surface area contributed by atoms with Crippen molar-refractivity contribution in [2.45, 2.75) is 11.8 Å². The summed E-state index contributed by atoms with van der Waals surface area (Å²) in [6.45, 7) is 2.07. The number of sulfonamides is 1. The molecule has 0 aliphatic rings. The fourth-order valence-electron chi connectivity index (χ4n) is 1.36. The molecule has 0 bridgehead atoms. The molecule has 1 aromatic rings. The minimum atomic E-state index is -3.79. The van der Waals surface area contributed by atoms with Crippen molar-refractivity contribution in [3.8, 4) is 12.3 Å². The van der Waals surface area contributed by atoms with Crippen LogP contribution in [0.2, 0.25) is 0 Å². The standard InChI is InChI=1S/C12H15N3O3S/c1-3-6-14-8-12(16)15-11-7-10(19(13,17)18)5-4-9(11)2/h1,4-5,7,14H,6,8H2,2H3,(H,15,16)(H2,13,17,18). The molecule has 0 heterocycles. The SMILES string of the molecule is C#CCNCC(=O)Nc1cc(S(N)(=O)=O)ccc1C. The predicted octanol–water partition coefficient (Wildman–Crippen LogP) is -0.196. The molecule has 0 fully saturated rings. The van der Waals surface area contributed by atoms with E-state index in [0.717, 1.165) is 5.56 Å². The number of terminal acetylenes is 1. The number of nitrogens with two attached hydrogens (primary N) is 1. The van der Waals surface area contributed by atoms with Gasteiger partial charge in [-0.25, -0.2) is 13.6 Å². The van der Waals surface area contributed by atoms with Crippen LogP contribution in [0.5, 0.6) is 0 Å². The van der Waals surface area contributed by atoms with E-state index in [1.807, 2.05) is 0 Å². The molecule has 1 amide bonds. The van der Waals surface area contributed by atoms with Crippen LogP contribution in [-0.2, 0) is 14.8 Å². The molecule has 0 spiro atoms. The van der Waals surface area contributed by atoms with E-state index in [-0.39, 0.29) is 23.9 Å². The number of nitrogens with one attached hydrogen (secondary N) is 2. The maximum Gasteiger partial charge on any atom is 0.238 e.